The SMILES string of the molecule is Oc1cc(C#[As])cc(O)c1O. The van der Waals surface area contributed by atoms with E-state index >= 15 is 0 Å². The first-order chi connectivity index (χ1) is 5.15. The van der Waals surface area contributed by atoms with Crippen molar-refractivity contribution in [3.8, 4) is 21.9 Å². The predicted octanol–water partition coefficient (Wildman–Crippen LogP) is 0.279. The summed E-state index contributed by atoms with van der Waals surface area (Å²) >= 11 is 2.06. The van der Waals surface area contributed by atoms with Crippen molar-refractivity contribution in [1.29, 1.82) is 0 Å². The van der Waals surface area contributed by atoms with E-state index < -0.39 is 5.75 Å². The van der Waals surface area contributed by atoms with Crippen molar-refractivity contribution in [3.63, 3.8) is 0 Å². The van der Waals surface area contributed by atoms with E-state index in [4.69, 9.17) is 15.3 Å². The Kier molecular flexibility index (Phi) is 2.13. The zero-order valence-corrected chi connectivity index (χ0v) is 7.32. The monoisotopic (exact) mass is 212 g/mol. The normalized spacial score (nSPS) is 9.00. The molecule has 0 saturated carbocycles. The van der Waals surface area contributed by atoms with Crippen LogP contribution in [0.15, 0.2) is 12.1 Å². The molecule has 0 aliphatic rings. The van der Waals surface area contributed by atoms with Gasteiger partial charge in [-0.3, -0.25) is 0 Å². The first-order valence-corrected chi connectivity index (χ1v) is 3.74. The van der Waals surface area contributed by atoms with Gasteiger partial charge in [-0.25, -0.2) is 0 Å². The first-order valence-electron chi connectivity index (χ1n) is 2.80. The molecule has 0 atom stereocenters. The average molecular weight is 212 g/mol. The molecule has 0 bridgehead atoms. The maximum atomic E-state index is 8.96. The average Bonchev–Trinajstić information content (AvgIpc) is 1.99. The van der Waals surface area contributed by atoms with E-state index in [0.717, 1.165) is 0 Å². The number of aromatic hydroxyl groups is 3. The molecule has 1 aromatic carbocycles. The van der Waals surface area contributed by atoms with Crippen molar-refractivity contribution >= 4 is 16.2 Å². The van der Waals surface area contributed by atoms with Crippen molar-refractivity contribution < 1.29 is 15.3 Å². The molecule has 0 aliphatic heterocycles. The molecule has 1 rings (SSSR count). The summed E-state index contributed by atoms with van der Waals surface area (Å²) in [7, 11) is 0. The molecule has 11 heavy (non-hydrogen) atoms. The van der Waals surface area contributed by atoms with Gasteiger partial charge in [-0.15, -0.1) is 0 Å². The van der Waals surface area contributed by atoms with E-state index in [9.17, 15) is 0 Å². The van der Waals surface area contributed by atoms with E-state index in [1.165, 1.54) is 12.1 Å². The van der Waals surface area contributed by atoms with Crippen LogP contribution < -0.4 is 0 Å². The fourth-order valence-electron chi connectivity index (χ4n) is 0.669. The molecular weight excluding hydrogens is 207 g/mol. The molecule has 0 aromatic heterocycles. The van der Waals surface area contributed by atoms with E-state index in [0.29, 0.717) is 5.56 Å². The molecule has 0 spiro atoms. The fraction of sp³-hybridized carbons (Fsp3) is 0. The molecular formula is C7H5AsO3. The molecule has 0 heterocycles. The van der Waals surface area contributed by atoms with Gasteiger partial charge in [-0.05, 0) is 0 Å². The van der Waals surface area contributed by atoms with Gasteiger partial charge in [0.2, 0.25) is 0 Å². The van der Waals surface area contributed by atoms with Crippen molar-refractivity contribution in [2.24, 2.45) is 0 Å². The second kappa shape index (κ2) is 2.91. The number of rotatable bonds is 0. The molecule has 3 nitrogen and oxygen atoms in total. The number of hydrogen-bond donors (Lipinski definition) is 3. The Morgan fingerprint density at radius 1 is 1.09 bits per heavy atom. The summed E-state index contributed by atoms with van der Waals surface area (Å²) in [4.78, 5) is 0. The van der Waals surface area contributed by atoms with Crippen LogP contribution in [-0.4, -0.2) is 31.5 Å². The summed E-state index contributed by atoms with van der Waals surface area (Å²) in [5.41, 5.74) is 0.512. The van der Waals surface area contributed by atoms with Crippen LogP contribution in [0.4, 0.5) is 0 Å². The topological polar surface area (TPSA) is 60.7 Å². The Labute approximate surface area is 71.6 Å². The van der Waals surface area contributed by atoms with Gasteiger partial charge in [-0.2, -0.15) is 0 Å². The number of hydrogen-bond acceptors (Lipinski definition) is 3. The predicted molar refractivity (Wildman–Crippen MR) is 40.2 cm³/mol. The van der Waals surface area contributed by atoms with Crippen LogP contribution in [0.5, 0.6) is 17.2 Å². The molecule has 0 fully saturated rings. The van der Waals surface area contributed by atoms with Crippen LogP contribution in [0.25, 0.3) is 0 Å². The van der Waals surface area contributed by atoms with Crippen LogP contribution in [0.1, 0.15) is 5.56 Å². The zero-order chi connectivity index (χ0) is 8.43. The second-order valence-electron chi connectivity index (χ2n) is 1.97. The van der Waals surface area contributed by atoms with Crippen LogP contribution in [0.2, 0.25) is 0 Å². The van der Waals surface area contributed by atoms with Crippen LogP contribution >= 0.6 is 0 Å². The van der Waals surface area contributed by atoms with Gasteiger partial charge >= 0.3 is 71.1 Å². The van der Waals surface area contributed by atoms with Crippen molar-refractivity contribution in [2.45, 2.75) is 0 Å². The number of benzene rings is 1. The van der Waals surface area contributed by atoms with Crippen molar-refractivity contribution in [1.82, 2.24) is 0 Å². The molecule has 3 N–H and O–H groups in total. The van der Waals surface area contributed by atoms with Crippen molar-refractivity contribution in [2.75, 3.05) is 0 Å². The van der Waals surface area contributed by atoms with Gasteiger partial charge in [0.15, 0.2) is 0 Å². The standard InChI is InChI=1S/C7H5AsO3/c8-3-4-1-5(9)7(11)6(10)2-4/h1-2,9-11H. The molecule has 1 aromatic rings. The molecule has 0 amide bonds. The Bertz CT molecular complexity index is 304. The number of phenols is 3. The summed E-state index contributed by atoms with van der Waals surface area (Å²) in [5.74, 6) is -1.20. The minimum atomic E-state index is -0.503. The van der Waals surface area contributed by atoms with Crippen LogP contribution in [0.3, 0.4) is 0 Å². The molecule has 0 radical (unpaired) electrons. The Morgan fingerprint density at radius 2 is 1.55 bits per heavy atom. The Morgan fingerprint density at radius 3 is 1.91 bits per heavy atom. The molecule has 0 saturated heterocycles. The fourth-order valence-corrected chi connectivity index (χ4v) is 0.940. The van der Waals surface area contributed by atoms with Crippen LogP contribution in [-0.2, 0) is 0 Å². The third kappa shape index (κ3) is 1.51. The Hall–Kier alpha value is -1.04. The van der Waals surface area contributed by atoms with Crippen molar-refractivity contribution in [3.05, 3.63) is 17.7 Å². The zero-order valence-electron chi connectivity index (χ0n) is 5.44. The third-order valence-electron chi connectivity index (χ3n) is 1.20. The van der Waals surface area contributed by atoms with E-state index in [-0.39, 0.29) is 11.5 Å². The summed E-state index contributed by atoms with van der Waals surface area (Å²) in [6.07, 6.45) is 0. The summed E-state index contributed by atoms with van der Waals surface area (Å²) in [5, 5.41) is 26.8. The van der Waals surface area contributed by atoms with Gasteiger partial charge in [0.05, 0.1) is 0 Å². The van der Waals surface area contributed by atoms with E-state index in [1.54, 1.807) is 0 Å². The van der Waals surface area contributed by atoms with Gasteiger partial charge in [0.1, 0.15) is 0 Å². The maximum absolute atomic E-state index is 8.96. The summed E-state index contributed by atoms with van der Waals surface area (Å²) in [6, 6.07) is 2.60. The molecule has 0 unspecified atom stereocenters. The second-order valence-corrected chi connectivity index (χ2v) is 2.44. The molecule has 56 valence electrons. The Balaban J connectivity index is 3.35. The van der Waals surface area contributed by atoms with E-state index in [1.807, 2.05) is 0 Å². The molecule has 4 heteroatoms. The quantitative estimate of drug-likeness (QED) is 0.427. The summed E-state index contributed by atoms with van der Waals surface area (Å²) < 4.78 is 2.64. The van der Waals surface area contributed by atoms with Gasteiger partial charge in [-0.1, -0.05) is 0 Å². The van der Waals surface area contributed by atoms with Gasteiger partial charge < -0.3 is 0 Å². The van der Waals surface area contributed by atoms with Crippen LogP contribution in [0, 0.1) is 4.61 Å². The minimum absolute atomic E-state index is 0.349. The van der Waals surface area contributed by atoms with Gasteiger partial charge in [0, 0.05) is 0 Å². The third-order valence-corrected chi connectivity index (χ3v) is 1.74. The number of phenolic OH excluding ortho intramolecular Hbond substituents is 3. The van der Waals surface area contributed by atoms with Gasteiger partial charge in [0.25, 0.3) is 0 Å². The molecule has 0 aliphatic carbocycles. The van der Waals surface area contributed by atoms with E-state index in [2.05, 4.69) is 20.8 Å². The summed E-state index contributed by atoms with van der Waals surface area (Å²) in [6.45, 7) is 0. The first kappa shape index (κ1) is 8.06.